The van der Waals surface area contributed by atoms with Crippen molar-refractivity contribution in [3.63, 3.8) is 0 Å². The molecule has 3 heteroatoms. The molecule has 0 aromatic heterocycles. The van der Waals surface area contributed by atoms with Crippen LogP contribution in [0.2, 0.25) is 0 Å². The van der Waals surface area contributed by atoms with Gasteiger partial charge < -0.3 is 15.3 Å². The van der Waals surface area contributed by atoms with Gasteiger partial charge in [-0.1, -0.05) is 76.3 Å². The third-order valence-corrected chi connectivity index (χ3v) is 9.09. The number of hydrogen-bond acceptors (Lipinski definition) is 3. The maximum atomic E-state index is 10.5. The predicted molar refractivity (Wildman–Crippen MR) is 138 cm³/mol. The largest absolute Gasteiger partial charge is 0.393 e. The van der Waals surface area contributed by atoms with Gasteiger partial charge in [0.1, 0.15) is 0 Å². The zero-order valence-electron chi connectivity index (χ0n) is 21.3. The zero-order chi connectivity index (χ0) is 24.2. The van der Waals surface area contributed by atoms with E-state index in [-0.39, 0.29) is 0 Å². The normalized spacial score (nSPS) is 36.9. The molecule has 0 saturated heterocycles. The van der Waals surface area contributed by atoms with Crippen molar-refractivity contribution in [2.45, 2.75) is 103 Å². The lowest BCUT2D eigenvalue weighted by atomic mass is 9.61. The Morgan fingerprint density at radius 2 is 1.88 bits per heavy atom. The molecule has 0 spiro atoms. The minimum Gasteiger partial charge on any atom is -0.393 e. The molecule has 184 valence electrons. The number of rotatable bonds is 7. The molecule has 3 fully saturated rings. The monoisotopic (exact) mass is 454 g/mol. The molecular formula is C30H46O3. The smallest absolute Gasteiger partial charge is 0.0825 e. The highest BCUT2D eigenvalue weighted by atomic mass is 16.3. The molecule has 3 saturated carbocycles. The Bertz CT molecular complexity index is 812. The summed E-state index contributed by atoms with van der Waals surface area (Å²) in [6.45, 7) is 13.0. The van der Waals surface area contributed by atoms with Crippen LogP contribution in [0.25, 0.3) is 0 Å². The highest BCUT2D eigenvalue weighted by Gasteiger charge is 2.50. The van der Waals surface area contributed by atoms with E-state index in [0.717, 1.165) is 30.4 Å². The zero-order valence-corrected chi connectivity index (χ0v) is 21.3. The summed E-state index contributed by atoms with van der Waals surface area (Å²) in [5.41, 5.74) is 2.92. The van der Waals surface area contributed by atoms with Crippen molar-refractivity contribution in [3.8, 4) is 0 Å². The number of hydrogen-bond donors (Lipinski definition) is 3. The predicted octanol–water partition coefficient (Wildman–Crippen LogP) is 6.43. The third-order valence-electron chi connectivity index (χ3n) is 9.09. The first kappa shape index (κ1) is 26.2. The van der Waals surface area contributed by atoms with Gasteiger partial charge in [0.25, 0.3) is 0 Å². The third kappa shape index (κ3) is 5.81. The molecule has 3 N–H and O–H groups in total. The summed E-state index contributed by atoms with van der Waals surface area (Å²) in [7, 11) is 0. The van der Waals surface area contributed by atoms with Gasteiger partial charge in [0.05, 0.1) is 17.8 Å². The molecule has 0 amide bonds. The fraction of sp³-hybridized carbons (Fsp3) is 0.667. The van der Waals surface area contributed by atoms with Crippen molar-refractivity contribution in [2.75, 3.05) is 0 Å². The number of aliphatic hydroxyl groups is 3. The second-order valence-corrected chi connectivity index (χ2v) is 11.1. The highest BCUT2D eigenvalue weighted by molar-refractivity contribution is 5.38. The Hall–Kier alpha value is -1.42. The van der Waals surface area contributed by atoms with E-state index < -0.39 is 17.8 Å². The Labute approximate surface area is 201 Å². The van der Waals surface area contributed by atoms with E-state index >= 15 is 0 Å². The first-order valence-corrected chi connectivity index (χ1v) is 13.2. The van der Waals surface area contributed by atoms with Crippen LogP contribution in [0.3, 0.4) is 0 Å². The molecule has 0 bridgehead atoms. The quantitative estimate of drug-likeness (QED) is 0.389. The summed E-state index contributed by atoms with van der Waals surface area (Å²) in [5, 5.41) is 30.7. The van der Waals surface area contributed by atoms with E-state index in [1.54, 1.807) is 0 Å². The molecule has 3 rings (SSSR count). The molecule has 6 atom stereocenters. The van der Waals surface area contributed by atoms with Crippen LogP contribution in [-0.4, -0.2) is 33.1 Å². The topological polar surface area (TPSA) is 60.7 Å². The first-order chi connectivity index (χ1) is 15.6. The number of allylic oxidation sites excluding steroid dienone is 6. The van der Waals surface area contributed by atoms with Crippen LogP contribution in [0, 0.1) is 23.2 Å². The van der Waals surface area contributed by atoms with Crippen molar-refractivity contribution in [1.82, 2.24) is 0 Å². The molecule has 0 heterocycles. The Morgan fingerprint density at radius 1 is 1.15 bits per heavy atom. The van der Waals surface area contributed by atoms with Gasteiger partial charge in [0, 0.05) is 6.42 Å². The lowest BCUT2D eigenvalue weighted by molar-refractivity contribution is 0.0827. The first-order valence-electron chi connectivity index (χ1n) is 13.2. The van der Waals surface area contributed by atoms with Crippen LogP contribution in [0.4, 0.5) is 0 Å². The van der Waals surface area contributed by atoms with Crippen LogP contribution in [0.5, 0.6) is 0 Å². The van der Waals surface area contributed by atoms with Crippen LogP contribution >= 0.6 is 0 Å². The Balaban J connectivity index is 1.72. The van der Waals surface area contributed by atoms with E-state index in [2.05, 4.69) is 44.7 Å². The van der Waals surface area contributed by atoms with E-state index in [1.165, 1.54) is 31.3 Å². The second kappa shape index (κ2) is 10.9. The van der Waals surface area contributed by atoms with Crippen molar-refractivity contribution >= 4 is 0 Å². The summed E-state index contributed by atoms with van der Waals surface area (Å²) in [4.78, 5) is 0. The molecule has 0 radical (unpaired) electrons. The van der Waals surface area contributed by atoms with E-state index in [9.17, 15) is 15.3 Å². The minimum atomic E-state index is -0.689. The molecule has 3 aliphatic rings. The van der Waals surface area contributed by atoms with Gasteiger partial charge in [-0.3, -0.25) is 0 Å². The second-order valence-electron chi connectivity index (χ2n) is 11.1. The summed E-state index contributed by atoms with van der Waals surface area (Å²) in [6, 6.07) is 0. The van der Waals surface area contributed by atoms with Gasteiger partial charge in [-0.15, -0.1) is 0 Å². The van der Waals surface area contributed by atoms with Crippen molar-refractivity contribution < 1.29 is 15.3 Å². The van der Waals surface area contributed by atoms with Gasteiger partial charge in [0.15, 0.2) is 0 Å². The molecule has 0 aliphatic heterocycles. The van der Waals surface area contributed by atoms with Crippen molar-refractivity contribution in [1.29, 1.82) is 0 Å². The highest BCUT2D eigenvalue weighted by Crippen LogP contribution is 2.59. The average molecular weight is 455 g/mol. The minimum absolute atomic E-state index is 0.312. The molecular weight excluding hydrogens is 408 g/mol. The van der Waals surface area contributed by atoms with E-state index in [0.29, 0.717) is 36.0 Å². The van der Waals surface area contributed by atoms with Gasteiger partial charge >= 0.3 is 0 Å². The molecule has 0 unspecified atom stereocenters. The van der Waals surface area contributed by atoms with Crippen molar-refractivity contribution in [2.24, 2.45) is 23.2 Å². The van der Waals surface area contributed by atoms with E-state index in [1.807, 2.05) is 26.0 Å². The van der Waals surface area contributed by atoms with Crippen LogP contribution in [0.15, 0.2) is 59.8 Å². The lowest BCUT2D eigenvalue weighted by Crippen LogP contribution is -2.35. The SMILES string of the molecule is C=C1C(=CC=C2CCC[C@]3(C)[C@@H]([C@H](C)C=CC=CC(O)(CC)CC)CC[C@@H]23)C[C@@H](O)C[C@@H]1O. The number of fused-ring (bicyclic) bond motifs is 1. The molecule has 0 aromatic rings. The Kier molecular flexibility index (Phi) is 8.64. The summed E-state index contributed by atoms with van der Waals surface area (Å²) < 4.78 is 0. The molecule has 33 heavy (non-hydrogen) atoms. The van der Waals surface area contributed by atoms with Crippen LogP contribution in [-0.2, 0) is 0 Å². The molecule has 0 aromatic carbocycles. The van der Waals surface area contributed by atoms with Crippen molar-refractivity contribution in [3.05, 3.63) is 59.8 Å². The summed E-state index contributed by atoms with van der Waals surface area (Å²) >= 11 is 0. The number of aliphatic hydroxyl groups excluding tert-OH is 2. The Morgan fingerprint density at radius 3 is 2.58 bits per heavy atom. The standard InChI is InChI=1S/C30H46O3/c1-6-30(33,7-2)18-9-8-11-21(3)26-15-16-27-23(12-10-17-29(26,27)5)13-14-24-19-25(31)20-28(32)22(24)4/h8-9,11,13-14,18,21,25-28,31-33H,4,6-7,10,12,15-17,19-20H2,1-3,5H3/t21-,25-,26-,27+,28+,29-/m1/s1. The summed E-state index contributed by atoms with van der Waals surface area (Å²) in [5.74, 6) is 1.77. The molecule has 3 nitrogen and oxygen atoms in total. The van der Waals surface area contributed by atoms with Gasteiger partial charge in [-0.05, 0) is 85.7 Å². The van der Waals surface area contributed by atoms with Gasteiger partial charge in [0.2, 0.25) is 0 Å². The van der Waals surface area contributed by atoms with Crippen LogP contribution in [0.1, 0.15) is 85.5 Å². The maximum absolute atomic E-state index is 10.5. The van der Waals surface area contributed by atoms with Crippen LogP contribution < -0.4 is 0 Å². The lowest BCUT2D eigenvalue weighted by Gasteiger charge is -2.44. The fourth-order valence-corrected chi connectivity index (χ4v) is 6.70. The fourth-order valence-electron chi connectivity index (χ4n) is 6.70. The van der Waals surface area contributed by atoms with Gasteiger partial charge in [-0.2, -0.15) is 0 Å². The average Bonchev–Trinajstić information content (AvgIpc) is 3.15. The van der Waals surface area contributed by atoms with E-state index in [4.69, 9.17) is 0 Å². The molecule has 3 aliphatic carbocycles. The summed E-state index contributed by atoms with van der Waals surface area (Å²) in [6.07, 6.45) is 20.3. The maximum Gasteiger partial charge on any atom is 0.0825 e. The van der Waals surface area contributed by atoms with Gasteiger partial charge in [-0.25, -0.2) is 0 Å².